The smallest absolute Gasteiger partial charge is 0.239 e. The predicted octanol–water partition coefficient (Wildman–Crippen LogP) is 0.914. The molecule has 0 saturated heterocycles. The number of hydrogen-bond donors (Lipinski definition) is 1. The van der Waals surface area contributed by atoms with Crippen molar-refractivity contribution in [3.8, 4) is 0 Å². The first-order valence-electron chi connectivity index (χ1n) is 4.23. The minimum atomic E-state index is -0.504. The monoisotopic (exact) mass is 196 g/mol. The predicted molar refractivity (Wildman–Crippen MR) is 52.0 cm³/mol. The van der Waals surface area contributed by atoms with Crippen LogP contribution in [0, 0.1) is 5.82 Å². The third kappa shape index (κ3) is 2.29. The van der Waals surface area contributed by atoms with Crippen molar-refractivity contribution in [2.24, 2.45) is 5.73 Å². The maximum absolute atomic E-state index is 12.6. The third-order valence-electron chi connectivity index (χ3n) is 1.97. The van der Waals surface area contributed by atoms with E-state index in [1.807, 2.05) is 0 Å². The molecule has 1 aromatic rings. The van der Waals surface area contributed by atoms with Crippen molar-refractivity contribution in [1.82, 2.24) is 4.90 Å². The summed E-state index contributed by atoms with van der Waals surface area (Å²) in [4.78, 5) is 12.8. The highest BCUT2D eigenvalue weighted by Crippen LogP contribution is 2.17. The largest absolute Gasteiger partial charge is 0.368 e. The SMILES string of the molecule is CN(C)C(C(N)=O)c1ccc(F)cc1. The topological polar surface area (TPSA) is 46.3 Å². The second-order valence-corrected chi connectivity index (χ2v) is 3.32. The summed E-state index contributed by atoms with van der Waals surface area (Å²) in [6, 6.07) is 5.24. The molecule has 0 aliphatic heterocycles. The Hall–Kier alpha value is -1.42. The summed E-state index contributed by atoms with van der Waals surface area (Å²) in [7, 11) is 3.50. The molecule has 0 aromatic heterocycles. The molecule has 76 valence electrons. The zero-order valence-electron chi connectivity index (χ0n) is 8.20. The van der Waals surface area contributed by atoms with E-state index in [9.17, 15) is 9.18 Å². The van der Waals surface area contributed by atoms with Crippen LogP contribution in [0.15, 0.2) is 24.3 Å². The summed E-state index contributed by atoms with van der Waals surface area (Å²) in [5.74, 6) is -0.766. The van der Waals surface area contributed by atoms with Crippen LogP contribution in [-0.2, 0) is 4.79 Å². The maximum atomic E-state index is 12.6. The van der Waals surface area contributed by atoms with E-state index < -0.39 is 11.9 Å². The van der Waals surface area contributed by atoms with Gasteiger partial charge in [-0.25, -0.2) is 4.39 Å². The Labute approximate surface area is 82.3 Å². The Kier molecular flexibility index (Phi) is 3.19. The lowest BCUT2D eigenvalue weighted by atomic mass is 10.1. The molecule has 1 aromatic carbocycles. The van der Waals surface area contributed by atoms with Crippen molar-refractivity contribution in [2.45, 2.75) is 6.04 Å². The molecule has 0 radical (unpaired) electrons. The molecule has 1 atom stereocenters. The highest BCUT2D eigenvalue weighted by atomic mass is 19.1. The van der Waals surface area contributed by atoms with Gasteiger partial charge in [0.2, 0.25) is 5.91 Å². The number of likely N-dealkylation sites (N-methyl/N-ethyl adjacent to an activating group) is 1. The van der Waals surface area contributed by atoms with Gasteiger partial charge in [-0.3, -0.25) is 9.69 Å². The number of benzene rings is 1. The van der Waals surface area contributed by atoms with Crippen LogP contribution in [-0.4, -0.2) is 24.9 Å². The van der Waals surface area contributed by atoms with Crippen LogP contribution in [0.1, 0.15) is 11.6 Å². The Morgan fingerprint density at radius 1 is 1.36 bits per heavy atom. The maximum Gasteiger partial charge on any atom is 0.239 e. The van der Waals surface area contributed by atoms with Gasteiger partial charge in [-0.2, -0.15) is 0 Å². The first-order valence-corrected chi connectivity index (χ1v) is 4.23. The normalized spacial score (nSPS) is 12.9. The fraction of sp³-hybridized carbons (Fsp3) is 0.300. The Bertz CT molecular complexity index is 321. The zero-order valence-corrected chi connectivity index (χ0v) is 8.20. The number of amides is 1. The number of primary amides is 1. The average Bonchev–Trinajstić information content (AvgIpc) is 2.07. The van der Waals surface area contributed by atoms with Gasteiger partial charge in [-0.15, -0.1) is 0 Å². The fourth-order valence-electron chi connectivity index (χ4n) is 1.36. The molecule has 2 N–H and O–H groups in total. The molecule has 0 spiro atoms. The van der Waals surface area contributed by atoms with Crippen LogP contribution >= 0.6 is 0 Å². The van der Waals surface area contributed by atoms with E-state index in [0.29, 0.717) is 5.56 Å². The van der Waals surface area contributed by atoms with Crippen LogP contribution in [0.4, 0.5) is 4.39 Å². The van der Waals surface area contributed by atoms with Crippen molar-refractivity contribution in [2.75, 3.05) is 14.1 Å². The van der Waals surface area contributed by atoms with Gasteiger partial charge >= 0.3 is 0 Å². The van der Waals surface area contributed by atoms with Crippen molar-refractivity contribution in [3.05, 3.63) is 35.6 Å². The standard InChI is InChI=1S/C10H13FN2O/c1-13(2)9(10(12)14)7-3-5-8(11)6-4-7/h3-6,9H,1-2H3,(H2,12,14). The van der Waals surface area contributed by atoms with Gasteiger partial charge in [0.25, 0.3) is 0 Å². The third-order valence-corrected chi connectivity index (χ3v) is 1.97. The summed E-state index contributed by atoms with van der Waals surface area (Å²) in [5.41, 5.74) is 5.93. The van der Waals surface area contributed by atoms with Gasteiger partial charge in [0.1, 0.15) is 11.9 Å². The molecule has 1 unspecified atom stereocenters. The van der Waals surface area contributed by atoms with E-state index >= 15 is 0 Å². The molecule has 3 nitrogen and oxygen atoms in total. The molecule has 0 bridgehead atoms. The van der Waals surface area contributed by atoms with Crippen LogP contribution in [0.3, 0.4) is 0 Å². The lowest BCUT2D eigenvalue weighted by Gasteiger charge is -2.21. The van der Waals surface area contributed by atoms with Gasteiger partial charge < -0.3 is 5.73 Å². The first kappa shape index (κ1) is 10.7. The molecule has 1 amide bonds. The quantitative estimate of drug-likeness (QED) is 0.781. The van der Waals surface area contributed by atoms with Crippen molar-refractivity contribution < 1.29 is 9.18 Å². The fourth-order valence-corrected chi connectivity index (χ4v) is 1.36. The summed E-state index contributed by atoms with van der Waals surface area (Å²) < 4.78 is 12.6. The van der Waals surface area contributed by atoms with Crippen LogP contribution in [0.5, 0.6) is 0 Å². The second-order valence-electron chi connectivity index (χ2n) is 3.32. The van der Waals surface area contributed by atoms with Crippen molar-refractivity contribution in [1.29, 1.82) is 0 Å². The Morgan fingerprint density at radius 3 is 2.21 bits per heavy atom. The van der Waals surface area contributed by atoms with E-state index in [2.05, 4.69) is 0 Å². The summed E-state index contributed by atoms with van der Waals surface area (Å²) in [6.45, 7) is 0. The summed E-state index contributed by atoms with van der Waals surface area (Å²) >= 11 is 0. The lowest BCUT2D eigenvalue weighted by Crippen LogP contribution is -2.32. The highest BCUT2D eigenvalue weighted by molar-refractivity contribution is 5.81. The Morgan fingerprint density at radius 2 is 1.86 bits per heavy atom. The molecule has 0 saturated carbocycles. The van der Waals surface area contributed by atoms with Gasteiger partial charge in [0.15, 0.2) is 0 Å². The number of rotatable bonds is 3. The number of carbonyl (C=O) groups is 1. The number of halogens is 1. The Balaban J connectivity index is 3.00. The number of carbonyl (C=O) groups excluding carboxylic acids is 1. The van der Waals surface area contributed by atoms with E-state index in [1.54, 1.807) is 31.1 Å². The lowest BCUT2D eigenvalue weighted by molar-refractivity contribution is -0.122. The van der Waals surface area contributed by atoms with Gasteiger partial charge in [-0.1, -0.05) is 12.1 Å². The second kappa shape index (κ2) is 4.19. The zero-order chi connectivity index (χ0) is 10.7. The number of nitrogens with zero attached hydrogens (tertiary/aromatic N) is 1. The van der Waals surface area contributed by atoms with Crippen molar-refractivity contribution in [3.63, 3.8) is 0 Å². The number of nitrogens with two attached hydrogens (primary N) is 1. The van der Waals surface area contributed by atoms with E-state index in [-0.39, 0.29) is 5.82 Å². The van der Waals surface area contributed by atoms with Crippen LogP contribution < -0.4 is 5.73 Å². The average molecular weight is 196 g/mol. The minimum absolute atomic E-state index is 0.323. The van der Waals surface area contributed by atoms with E-state index in [4.69, 9.17) is 5.73 Å². The number of hydrogen-bond acceptors (Lipinski definition) is 2. The van der Waals surface area contributed by atoms with E-state index in [1.165, 1.54) is 12.1 Å². The molecule has 4 heteroatoms. The van der Waals surface area contributed by atoms with Crippen molar-refractivity contribution >= 4 is 5.91 Å². The molecule has 0 heterocycles. The van der Waals surface area contributed by atoms with Gasteiger partial charge in [-0.05, 0) is 31.8 Å². The van der Waals surface area contributed by atoms with Crippen LogP contribution in [0.2, 0.25) is 0 Å². The molecule has 1 rings (SSSR count). The van der Waals surface area contributed by atoms with Gasteiger partial charge in [0.05, 0.1) is 0 Å². The summed E-state index contributed by atoms with van der Waals surface area (Å²) in [5, 5.41) is 0. The summed E-state index contributed by atoms with van der Waals surface area (Å²) in [6.07, 6.45) is 0. The molecule has 0 aliphatic carbocycles. The molecular formula is C10H13FN2O. The van der Waals surface area contributed by atoms with Crippen LogP contribution in [0.25, 0.3) is 0 Å². The highest BCUT2D eigenvalue weighted by Gasteiger charge is 2.19. The molecule has 0 aliphatic rings. The molecule has 14 heavy (non-hydrogen) atoms. The van der Waals surface area contributed by atoms with E-state index in [0.717, 1.165) is 0 Å². The first-order chi connectivity index (χ1) is 6.52. The van der Waals surface area contributed by atoms with Gasteiger partial charge in [0, 0.05) is 0 Å². The molecule has 0 fully saturated rings. The minimum Gasteiger partial charge on any atom is -0.368 e. The molecular weight excluding hydrogens is 183 g/mol.